The molecular weight excluding hydrogens is 378 g/mol. The Morgan fingerprint density at radius 2 is 1.81 bits per heavy atom. The largest absolute Gasteiger partial charge is 0.302 e. The molecule has 3 aromatic rings. The van der Waals surface area contributed by atoms with Gasteiger partial charge < -0.3 is 4.90 Å². The average Bonchev–Trinajstić information content (AvgIpc) is 3.09. The van der Waals surface area contributed by atoms with Crippen molar-refractivity contribution in [3.05, 3.63) is 58.6 Å². The summed E-state index contributed by atoms with van der Waals surface area (Å²) in [5.41, 5.74) is 2.61. The highest BCUT2D eigenvalue weighted by Gasteiger charge is 2.22. The van der Waals surface area contributed by atoms with Crippen molar-refractivity contribution < 1.29 is 4.79 Å². The molecule has 0 bridgehead atoms. The second kappa shape index (κ2) is 8.83. The van der Waals surface area contributed by atoms with Crippen molar-refractivity contribution in [1.29, 1.82) is 0 Å². The lowest BCUT2D eigenvalue weighted by Gasteiger charge is -2.24. The number of anilines is 1. The van der Waals surface area contributed by atoms with Gasteiger partial charge in [-0.05, 0) is 49.8 Å². The predicted octanol–water partition coefficient (Wildman–Crippen LogP) is 5.25. The maximum atomic E-state index is 13.2. The van der Waals surface area contributed by atoms with E-state index in [4.69, 9.17) is 16.6 Å². The number of aryl methyl sites for hydroxylation is 1. The standard InChI is InChI=1S/C21H24ClN3OS/c1-4-24(5-2)11-12-25(20(26)16-9-7-6-8-10-16)21-23-19-15(3)13-17(22)14-18(19)27-21/h6-10,13-14H,4-5,11-12H2,1-3H3. The number of nitrogens with zero attached hydrogens (tertiary/aromatic N) is 3. The number of carbonyl (C=O) groups excluding carboxylic acids is 1. The van der Waals surface area contributed by atoms with E-state index in [0.29, 0.717) is 17.1 Å². The Morgan fingerprint density at radius 3 is 2.48 bits per heavy atom. The third-order valence-corrected chi connectivity index (χ3v) is 5.91. The highest BCUT2D eigenvalue weighted by molar-refractivity contribution is 7.22. The van der Waals surface area contributed by atoms with Crippen LogP contribution in [0.4, 0.5) is 5.13 Å². The number of halogens is 1. The fourth-order valence-electron chi connectivity index (χ4n) is 3.06. The molecule has 142 valence electrons. The summed E-state index contributed by atoms with van der Waals surface area (Å²) in [5.74, 6) is -0.0226. The van der Waals surface area contributed by atoms with Crippen LogP contribution in [0.15, 0.2) is 42.5 Å². The number of fused-ring (bicyclic) bond motifs is 1. The minimum Gasteiger partial charge on any atom is -0.302 e. The van der Waals surface area contributed by atoms with Crippen LogP contribution >= 0.6 is 22.9 Å². The molecule has 0 aliphatic rings. The summed E-state index contributed by atoms with van der Waals surface area (Å²) in [6, 6.07) is 13.2. The highest BCUT2D eigenvalue weighted by atomic mass is 35.5. The molecule has 0 saturated heterocycles. The van der Waals surface area contributed by atoms with Gasteiger partial charge in [-0.2, -0.15) is 0 Å². The van der Waals surface area contributed by atoms with E-state index in [1.54, 1.807) is 4.90 Å². The van der Waals surface area contributed by atoms with Crippen LogP contribution in [-0.2, 0) is 0 Å². The van der Waals surface area contributed by atoms with Crippen LogP contribution in [0.3, 0.4) is 0 Å². The van der Waals surface area contributed by atoms with E-state index in [1.165, 1.54) is 11.3 Å². The second-order valence-electron chi connectivity index (χ2n) is 6.42. The number of carbonyl (C=O) groups is 1. The maximum absolute atomic E-state index is 13.2. The van der Waals surface area contributed by atoms with Crippen LogP contribution in [0, 0.1) is 6.92 Å². The molecule has 27 heavy (non-hydrogen) atoms. The summed E-state index contributed by atoms with van der Waals surface area (Å²) in [6.07, 6.45) is 0. The molecule has 0 saturated carbocycles. The Hall–Kier alpha value is -1.95. The van der Waals surface area contributed by atoms with Crippen molar-refractivity contribution >= 4 is 44.2 Å². The minimum absolute atomic E-state index is 0.0226. The number of thiazole rings is 1. The average molecular weight is 402 g/mol. The zero-order chi connectivity index (χ0) is 19.4. The topological polar surface area (TPSA) is 36.4 Å². The van der Waals surface area contributed by atoms with E-state index in [-0.39, 0.29) is 5.91 Å². The van der Waals surface area contributed by atoms with Gasteiger partial charge in [0.15, 0.2) is 5.13 Å². The lowest BCUT2D eigenvalue weighted by Crippen LogP contribution is -2.38. The third-order valence-electron chi connectivity index (χ3n) is 4.67. The van der Waals surface area contributed by atoms with Crippen LogP contribution in [0.2, 0.25) is 5.02 Å². The molecule has 0 N–H and O–H groups in total. The first kappa shape index (κ1) is 19.8. The molecule has 0 unspecified atom stereocenters. The van der Waals surface area contributed by atoms with Gasteiger partial charge in [-0.3, -0.25) is 9.69 Å². The molecule has 2 aromatic carbocycles. The number of hydrogen-bond donors (Lipinski definition) is 0. The third kappa shape index (κ3) is 4.49. The predicted molar refractivity (Wildman–Crippen MR) is 115 cm³/mol. The molecule has 0 spiro atoms. The van der Waals surface area contributed by atoms with E-state index in [1.807, 2.05) is 49.4 Å². The van der Waals surface area contributed by atoms with Gasteiger partial charge in [-0.15, -0.1) is 0 Å². The van der Waals surface area contributed by atoms with Crippen molar-refractivity contribution in [1.82, 2.24) is 9.88 Å². The van der Waals surface area contributed by atoms with Crippen LogP contribution in [0.5, 0.6) is 0 Å². The Kier molecular flexibility index (Phi) is 6.47. The SMILES string of the molecule is CCN(CC)CCN(C(=O)c1ccccc1)c1nc2c(C)cc(Cl)cc2s1. The summed E-state index contributed by atoms with van der Waals surface area (Å²) in [5, 5.41) is 1.41. The molecule has 6 heteroatoms. The molecule has 0 radical (unpaired) electrons. The van der Waals surface area contributed by atoms with Crippen molar-refractivity contribution in [2.24, 2.45) is 0 Å². The normalized spacial score (nSPS) is 11.3. The molecular formula is C21H24ClN3OS. The van der Waals surface area contributed by atoms with Crippen LogP contribution in [0.25, 0.3) is 10.2 Å². The van der Waals surface area contributed by atoms with Crippen LogP contribution in [-0.4, -0.2) is 42.0 Å². The first-order chi connectivity index (χ1) is 13.0. The summed E-state index contributed by atoms with van der Waals surface area (Å²) in [4.78, 5) is 22.1. The van der Waals surface area contributed by atoms with Gasteiger partial charge in [0.1, 0.15) is 0 Å². The maximum Gasteiger partial charge on any atom is 0.260 e. The van der Waals surface area contributed by atoms with E-state index in [2.05, 4.69) is 18.7 Å². The summed E-state index contributed by atoms with van der Waals surface area (Å²) in [6.45, 7) is 9.59. The van der Waals surface area contributed by atoms with E-state index >= 15 is 0 Å². The van der Waals surface area contributed by atoms with Crippen molar-refractivity contribution in [3.8, 4) is 0 Å². The lowest BCUT2D eigenvalue weighted by atomic mass is 10.2. The molecule has 0 aliphatic heterocycles. The molecule has 0 atom stereocenters. The summed E-state index contributed by atoms with van der Waals surface area (Å²) in [7, 11) is 0. The number of rotatable bonds is 7. The molecule has 4 nitrogen and oxygen atoms in total. The fourth-order valence-corrected chi connectivity index (χ4v) is 4.50. The highest BCUT2D eigenvalue weighted by Crippen LogP contribution is 2.33. The number of amides is 1. The smallest absolute Gasteiger partial charge is 0.260 e. The number of likely N-dealkylation sites (N-methyl/N-ethyl adjacent to an activating group) is 1. The zero-order valence-corrected chi connectivity index (χ0v) is 17.5. The fraction of sp³-hybridized carbons (Fsp3) is 0.333. The molecule has 1 heterocycles. The first-order valence-electron chi connectivity index (χ1n) is 9.19. The van der Waals surface area contributed by atoms with Gasteiger partial charge in [-0.1, -0.05) is 55.0 Å². The Bertz CT molecular complexity index is 922. The van der Waals surface area contributed by atoms with Gasteiger partial charge in [0, 0.05) is 23.7 Å². The molecule has 0 aliphatic carbocycles. The van der Waals surface area contributed by atoms with Crippen LogP contribution in [0.1, 0.15) is 29.8 Å². The molecule has 3 rings (SSSR count). The van der Waals surface area contributed by atoms with Gasteiger partial charge in [0.25, 0.3) is 5.91 Å². The van der Waals surface area contributed by atoms with E-state index in [0.717, 1.165) is 40.5 Å². The summed E-state index contributed by atoms with van der Waals surface area (Å²) >= 11 is 7.72. The lowest BCUT2D eigenvalue weighted by molar-refractivity contribution is 0.0984. The quantitative estimate of drug-likeness (QED) is 0.542. The Labute approximate surface area is 169 Å². The second-order valence-corrected chi connectivity index (χ2v) is 7.86. The van der Waals surface area contributed by atoms with Crippen LogP contribution < -0.4 is 4.90 Å². The minimum atomic E-state index is -0.0226. The first-order valence-corrected chi connectivity index (χ1v) is 10.4. The molecule has 1 aromatic heterocycles. The summed E-state index contributed by atoms with van der Waals surface area (Å²) < 4.78 is 1.00. The number of hydrogen-bond acceptors (Lipinski definition) is 4. The molecule has 1 amide bonds. The van der Waals surface area contributed by atoms with Gasteiger partial charge >= 0.3 is 0 Å². The van der Waals surface area contributed by atoms with Crippen molar-refractivity contribution in [3.63, 3.8) is 0 Å². The Balaban J connectivity index is 1.98. The Morgan fingerprint density at radius 1 is 1.11 bits per heavy atom. The number of benzene rings is 2. The monoisotopic (exact) mass is 401 g/mol. The van der Waals surface area contributed by atoms with Gasteiger partial charge in [0.05, 0.1) is 10.2 Å². The van der Waals surface area contributed by atoms with Gasteiger partial charge in [-0.25, -0.2) is 4.98 Å². The van der Waals surface area contributed by atoms with Gasteiger partial charge in [0.2, 0.25) is 0 Å². The molecule has 0 fully saturated rings. The van der Waals surface area contributed by atoms with E-state index < -0.39 is 0 Å². The van der Waals surface area contributed by atoms with E-state index in [9.17, 15) is 4.79 Å². The number of aromatic nitrogens is 1. The van der Waals surface area contributed by atoms with Crippen molar-refractivity contribution in [2.45, 2.75) is 20.8 Å². The van der Waals surface area contributed by atoms with Crippen molar-refractivity contribution in [2.75, 3.05) is 31.1 Å². The zero-order valence-electron chi connectivity index (χ0n) is 15.9.